The summed E-state index contributed by atoms with van der Waals surface area (Å²) in [4.78, 5) is 5.05. The Morgan fingerprint density at radius 1 is 0.786 bits per heavy atom. The molecule has 1 fully saturated rings. The van der Waals surface area contributed by atoms with Crippen molar-refractivity contribution in [3.05, 3.63) is 72.2 Å². The molecule has 2 aromatic carbocycles. The van der Waals surface area contributed by atoms with Gasteiger partial charge in [-0.15, -0.1) is 0 Å². The predicted octanol–water partition coefficient (Wildman–Crippen LogP) is 4.73. The van der Waals surface area contributed by atoms with Gasteiger partial charge in [-0.1, -0.05) is 24.3 Å². The van der Waals surface area contributed by atoms with Crippen molar-refractivity contribution >= 4 is 21.8 Å². The van der Waals surface area contributed by atoms with E-state index in [0.29, 0.717) is 0 Å². The van der Waals surface area contributed by atoms with Crippen molar-refractivity contribution in [1.82, 2.24) is 14.4 Å². The number of hydrogen-bond acceptors (Lipinski definition) is 3. The maximum absolute atomic E-state index is 5.49. The van der Waals surface area contributed by atoms with Crippen LogP contribution in [-0.2, 0) is 19.6 Å². The van der Waals surface area contributed by atoms with Crippen LogP contribution in [0.25, 0.3) is 21.8 Å². The summed E-state index contributed by atoms with van der Waals surface area (Å²) >= 11 is 0. The summed E-state index contributed by atoms with van der Waals surface area (Å²) in [5, 5.41) is 2.75. The van der Waals surface area contributed by atoms with Gasteiger partial charge < -0.3 is 8.98 Å². The molecule has 0 N–H and O–H groups in total. The molecule has 5 rings (SSSR count). The first-order chi connectivity index (χ1) is 13.8. The number of piperazine rings is 1. The lowest BCUT2D eigenvalue weighted by molar-refractivity contribution is 0.116. The van der Waals surface area contributed by atoms with Crippen molar-refractivity contribution in [3.8, 4) is 0 Å². The van der Waals surface area contributed by atoms with Gasteiger partial charge in [-0.25, -0.2) is 0 Å². The molecule has 3 heterocycles. The molecule has 4 heteroatoms. The number of aryl methyl sites for hydroxylation is 1. The number of furan rings is 1. The third-order valence-corrected chi connectivity index (χ3v) is 5.98. The predicted molar refractivity (Wildman–Crippen MR) is 114 cm³/mol. The minimum Gasteiger partial charge on any atom is -0.468 e. The fourth-order valence-electron chi connectivity index (χ4n) is 4.53. The van der Waals surface area contributed by atoms with Crippen LogP contribution in [0.1, 0.15) is 18.2 Å². The summed E-state index contributed by atoms with van der Waals surface area (Å²) < 4.78 is 7.91. The van der Waals surface area contributed by atoms with E-state index in [9.17, 15) is 0 Å². The third kappa shape index (κ3) is 3.23. The van der Waals surface area contributed by atoms with E-state index in [2.05, 4.69) is 69.8 Å². The van der Waals surface area contributed by atoms with Gasteiger partial charge in [-0.3, -0.25) is 9.80 Å². The topological polar surface area (TPSA) is 24.6 Å². The molecule has 2 aromatic heterocycles. The second-order valence-electron chi connectivity index (χ2n) is 7.74. The smallest absolute Gasteiger partial charge is 0.117 e. The highest BCUT2D eigenvalue weighted by atomic mass is 16.3. The average molecular weight is 374 g/mol. The van der Waals surface area contributed by atoms with Crippen molar-refractivity contribution in [1.29, 1.82) is 0 Å². The van der Waals surface area contributed by atoms with Crippen molar-refractivity contribution in [2.24, 2.45) is 0 Å². The zero-order valence-corrected chi connectivity index (χ0v) is 16.5. The second kappa shape index (κ2) is 7.46. The molecule has 4 nitrogen and oxygen atoms in total. The van der Waals surface area contributed by atoms with Crippen molar-refractivity contribution in [3.63, 3.8) is 0 Å². The zero-order valence-electron chi connectivity index (χ0n) is 16.5. The number of benzene rings is 2. The molecular formula is C24H27N3O. The Kier molecular flexibility index (Phi) is 4.67. The normalized spacial score (nSPS) is 16.3. The highest BCUT2D eigenvalue weighted by Crippen LogP contribution is 2.30. The van der Waals surface area contributed by atoms with Crippen molar-refractivity contribution in [2.45, 2.75) is 26.6 Å². The van der Waals surface area contributed by atoms with Gasteiger partial charge >= 0.3 is 0 Å². The van der Waals surface area contributed by atoms with Crippen LogP contribution in [0.4, 0.5) is 0 Å². The quantitative estimate of drug-likeness (QED) is 0.506. The molecule has 28 heavy (non-hydrogen) atoms. The third-order valence-electron chi connectivity index (χ3n) is 5.98. The molecule has 0 bridgehead atoms. The van der Waals surface area contributed by atoms with E-state index in [1.165, 1.54) is 27.4 Å². The highest BCUT2D eigenvalue weighted by Gasteiger charge is 2.18. The molecule has 0 spiro atoms. The molecule has 0 atom stereocenters. The Bertz CT molecular complexity index is 1070. The van der Waals surface area contributed by atoms with Crippen LogP contribution in [0.2, 0.25) is 0 Å². The van der Waals surface area contributed by atoms with Crippen LogP contribution in [0.15, 0.2) is 65.3 Å². The lowest BCUT2D eigenvalue weighted by atomic mass is 10.1. The number of hydrogen-bond donors (Lipinski definition) is 0. The SMILES string of the molecule is CCn1c2ccccc2c2cc(CN3CCN(Cc4ccco4)CC3)ccc21. The van der Waals surface area contributed by atoms with Gasteiger partial charge in [0.15, 0.2) is 0 Å². The summed E-state index contributed by atoms with van der Waals surface area (Å²) in [6, 6.07) is 19.8. The summed E-state index contributed by atoms with van der Waals surface area (Å²) in [5.74, 6) is 1.06. The van der Waals surface area contributed by atoms with Gasteiger partial charge in [0.25, 0.3) is 0 Å². The monoisotopic (exact) mass is 373 g/mol. The van der Waals surface area contributed by atoms with Crippen LogP contribution in [0.3, 0.4) is 0 Å². The number of fused-ring (bicyclic) bond motifs is 3. The van der Waals surface area contributed by atoms with E-state index in [1.54, 1.807) is 6.26 Å². The van der Waals surface area contributed by atoms with Crippen LogP contribution in [0, 0.1) is 0 Å². The molecule has 0 saturated carbocycles. The first-order valence-corrected chi connectivity index (χ1v) is 10.3. The zero-order chi connectivity index (χ0) is 18.9. The van der Waals surface area contributed by atoms with Gasteiger partial charge in [0, 0.05) is 61.1 Å². The Balaban J connectivity index is 1.31. The largest absolute Gasteiger partial charge is 0.468 e. The molecule has 4 aromatic rings. The Morgan fingerprint density at radius 3 is 2.29 bits per heavy atom. The number of rotatable bonds is 5. The maximum atomic E-state index is 5.49. The molecule has 0 unspecified atom stereocenters. The molecule has 0 amide bonds. The van der Waals surface area contributed by atoms with Crippen LogP contribution < -0.4 is 0 Å². The molecule has 1 aliphatic heterocycles. The molecule has 1 aliphatic rings. The van der Waals surface area contributed by atoms with Gasteiger partial charge in [0.2, 0.25) is 0 Å². The van der Waals surface area contributed by atoms with Gasteiger partial charge in [-0.05, 0) is 42.8 Å². The second-order valence-corrected chi connectivity index (χ2v) is 7.74. The number of aromatic nitrogens is 1. The van der Waals surface area contributed by atoms with Crippen LogP contribution in [-0.4, -0.2) is 40.5 Å². The fraction of sp³-hybridized carbons (Fsp3) is 0.333. The molecule has 1 saturated heterocycles. The highest BCUT2D eigenvalue weighted by molar-refractivity contribution is 6.08. The summed E-state index contributed by atoms with van der Waals surface area (Å²) in [6.45, 7) is 9.57. The molecule has 0 aliphatic carbocycles. The van der Waals surface area contributed by atoms with E-state index < -0.39 is 0 Å². The summed E-state index contributed by atoms with van der Waals surface area (Å²) in [5.41, 5.74) is 4.09. The number of para-hydroxylation sites is 1. The summed E-state index contributed by atoms with van der Waals surface area (Å²) in [7, 11) is 0. The molecule has 0 radical (unpaired) electrons. The summed E-state index contributed by atoms with van der Waals surface area (Å²) in [6.07, 6.45) is 1.76. The van der Waals surface area contributed by atoms with Gasteiger partial charge in [-0.2, -0.15) is 0 Å². The standard InChI is InChI=1S/C24H27N3O/c1-2-27-23-8-4-3-7-21(23)22-16-19(9-10-24(22)27)17-25-11-13-26(14-12-25)18-20-6-5-15-28-20/h3-10,15-16H,2,11-14,17-18H2,1H3. The van der Waals surface area contributed by atoms with Crippen LogP contribution in [0.5, 0.6) is 0 Å². The fourth-order valence-corrected chi connectivity index (χ4v) is 4.53. The van der Waals surface area contributed by atoms with Crippen LogP contribution >= 0.6 is 0 Å². The Labute approximate surface area is 165 Å². The minimum absolute atomic E-state index is 0.920. The molecular weight excluding hydrogens is 346 g/mol. The Morgan fingerprint density at radius 2 is 1.54 bits per heavy atom. The minimum atomic E-state index is 0.920. The van der Waals surface area contributed by atoms with Gasteiger partial charge in [0.1, 0.15) is 5.76 Å². The lowest BCUT2D eigenvalue weighted by Gasteiger charge is -2.34. The van der Waals surface area contributed by atoms with E-state index in [1.807, 2.05) is 6.07 Å². The average Bonchev–Trinajstić information content (AvgIpc) is 3.35. The van der Waals surface area contributed by atoms with E-state index >= 15 is 0 Å². The Hall–Kier alpha value is -2.56. The maximum Gasteiger partial charge on any atom is 0.117 e. The first kappa shape index (κ1) is 17.5. The lowest BCUT2D eigenvalue weighted by Crippen LogP contribution is -2.45. The van der Waals surface area contributed by atoms with E-state index in [-0.39, 0.29) is 0 Å². The van der Waals surface area contributed by atoms with Gasteiger partial charge in [0.05, 0.1) is 12.8 Å². The number of nitrogens with zero attached hydrogens (tertiary/aromatic N) is 3. The van der Waals surface area contributed by atoms with Crippen molar-refractivity contribution in [2.75, 3.05) is 26.2 Å². The van der Waals surface area contributed by atoms with Crippen molar-refractivity contribution < 1.29 is 4.42 Å². The molecule has 144 valence electrons. The van der Waals surface area contributed by atoms with E-state index in [4.69, 9.17) is 4.42 Å². The first-order valence-electron chi connectivity index (χ1n) is 10.3. The van der Waals surface area contributed by atoms with E-state index in [0.717, 1.165) is 51.6 Å².